The number of nitrogens with zero attached hydrogens (tertiary/aromatic N) is 2. The molecule has 1 atom stereocenters. The molecule has 5 nitrogen and oxygen atoms in total. The van der Waals surface area contributed by atoms with Gasteiger partial charge in [0.2, 0.25) is 0 Å². The molecule has 12 heavy (non-hydrogen) atoms. The van der Waals surface area contributed by atoms with Crippen LogP contribution in [0.15, 0.2) is 0 Å². The Morgan fingerprint density at radius 3 is 2.67 bits per heavy atom. The van der Waals surface area contributed by atoms with Gasteiger partial charge in [0.25, 0.3) is 0 Å². The molecule has 0 aliphatic heterocycles. The summed E-state index contributed by atoms with van der Waals surface area (Å²) in [6, 6.07) is -0.165. The average molecular weight is 170 g/mol. The molecule has 0 bridgehead atoms. The van der Waals surface area contributed by atoms with Crippen molar-refractivity contribution >= 4 is 0 Å². The highest BCUT2D eigenvalue weighted by Crippen LogP contribution is 2.13. The second-order valence-electron chi connectivity index (χ2n) is 3.07. The van der Waals surface area contributed by atoms with Gasteiger partial charge in [0, 0.05) is 0 Å². The van der Waals surface area contributed by atoms with Gasteiger partial charge < -0.3 is 10.8 Å². The zero-order chi connectivity index (χ0) is 9.14. The van der Waals surface area contributed by atoms with Gasteiger partial charge in [-0.25, -0.2) is 4.98 Å². The van der Waals surface area contributed by atoms with E-state index in [4.69, 9.17) is 10.8 Å². The molecule has 0 spiro atoms. The monoisotopic (exact) mass is 170 g/mol. The molecule has 0 aliphatic carbocycles. The molecule has 0 aliphatic rings. The maximum atomic E-state index is 8.70. The summed E-state index contributed by atoms with van der Waals surface area (Å²) in [5, 5.41) is 15.2. The fourth-order valence-electron chi connectivity index (χ4n) is 0.828. The molecular formula is C7H14N4O. The smallest absolute Gasteiger partial charge is 0.167 e. The molecule has 1 unspecified atom stereocenters. The van der Waals surface area contributed by atoms with Crippen molar-refractivity contribution in [2.75, 3.05) is 0 Å². The Morgan fingerprint density at radius 2 is 2.25 bits per heavy atom. The predicted molar refractivity (Wildman–Crippen MR) is 44.1 cm³/mol. The summed E-state index contributed by atoms with van der Waals surface area (Å²) in [7, 11) is 0. The summed E-state index contributed by atoms with van der Waals surface area (Å²) in [6.45, 7) is 3.87. The predicted octanol–water partition coefficient (Wildman–Crippen LogP) is -0.0472. The molecular weight excluding hydrogens is 156 g/mol. The Labute approximate surface area is 71.0 Å². The van der Waals surface area contributed by atoms with Crippen LogP contribution in [0.2, 0.25) is 0 Å². The van der Waals surface area contributed by atoms with E-state index in [9.17, 15) is 0 Å². The lowest BCUT2D eigenvalue weighted by Crippen LogP contribution is -2.18. The number of aromatic amines is 1. The van der Waals surface area contributed by atoms with Crippen LogP contribution < -0.4 is 5.73 Å². The lowest BCUT2D eigenvalue weighted by molar-refractivity contribution is 0.271. The van der Waals surface area contributed by atoms with Crippen LogP contribution in [0, 0.1) is 5.92 Å². The van der Waals surface area contributed by atoms with E-state index in [0.717, 1.165) is 0 Å². The van der Waals surface area contributed by atoms with Crippen molar-refractivity contribution in [2.45, 2.75) is 26.5 Å². The Bertz CT molecular complexity index is 245. The molecule has 68 valence electrons. The van der Waals surface area contributed by atoms with Gasteiger partial charge >= 0.3 is 0 Å². The number of aliphatic hydroxyl groups is 1. The highest BCUT2D eigenvalue weighted by atomic mass is 16.3. The van der Waals surface area contributed by atoms with E-state index in [0.29, 0.717) is 17.6 Å². The number of H-pyrrole nitrogens is 1. The zero-order valence-corrected chi connectivity index (χ0v) is 7.28. The molecule has 0 aromatic carbocycles. The summed E-state index contributed by atoms with van der Waals surface area (Å²) >= 11 is 0. The second-order valence-corrected chi connectivity index (χ2v) is 3.07. The second kappa shape index (κ2) is 3.64. The molecule has 1 rings (SSSR count). The van der Waals surface area contributed by atoms with Crippen LogP contribution in [0.1, 0.15) is 31.5 Å². The zero-order valence-electron chi connectivity index (χ0n) is 7.28. The summed E-state index contributed by atoms with van der Waals surface area (Å²) in [5.41, 5.74) is 5.78. The third-order valence-corrected chi connectivity index (χ3v) is 1.72. The van der Waals surface area contributed by atoms with Gasteiger partial charge in [0.15, 0.2) is 5.82 Å². The first-order valence-corrected chi connectivity index (χ1v) is 3.92. The van der Waals surface area contributed by atoms with Gasteiger partial charge in [0.1, 0.15) is 12.4 Å². The van der Waals surface area contributed by atoms with E-state index < -0.39 is 0 Å². The summed E-state index contributed by atoms with van der Waals surface area (Å²) in [4.78, 5) is 4.01. The van der Waals surface area contributed by atoms with Crippen LogP contribution in [-0.2, 0) is 6.61 Å². The van der Waals surface area contributed by atoms with Crippen LogP contribution >= 0.6 is 0 Å². The molecule has 1 heterocycles. The maximum Gasteiger partial charge on any atom is 0.167 e. The number of aliphatic hydroxyl groups excluding tert-OH is 1. The van der Waals surface area contributed by atoms with E-state index in [-0.39, 0.29) is 12.6 Å². The third kappa shape index (κ3) is 1.80. The fraction of sp³-hybridized carbons (Fsp3) is 0.714. The maximum absolute atomic E-state index is 8.70. The van der Waals surface area contributed by atoms with Gasteiger partial charge in [-0.2, -0.15) is 5.10 Å². The normalized spacial score (nSPS) is 13.8. The number of nitrogens with one attached hydrogen (secondary N) is 1. The van der Waals surface area contributed by atoms with Crippen molar-refractivity contribution in [3.63, 3.8) is 0 Å². The summed E-state index contributed by atoms with van der Waals surface area (Å²) < 4.78 is 0. The van der Waals surface area contributed by atoms with Crippen LogP contribution in [0.5, 0.6) is 0 Å². The van der Waals surface area contributed by atoms with Crippen LogP contribution in [0.4, 0.5) is 0 Å². The number of hydrogen-bond acceptors (Lipinski definition) is 4. The summed E-state index contributed by atoms with van der Waals surface area (Å²) in [5.74, 6) is 1.32. The largest absolute Gasteiger partial charge is 0.388 e. The van der Waals surface area contributed by atoms with Gasteiger partial charge in [-0.1, -0.05) is 13.8 Å². The fourth-order valence-corrected chi connectivity index (χ4v) is 0.828. The van der Waals surface area contributed by atoms with Crippen LogP contribution in [-0.4, -0.2) is 20.3 Å². The van der Waals surface area contributed by atoms with Gasteiger partial charge in [-0.05, 0) is 5.92 Å². The molecule has 5 heteroatoms. The van der Waals surface area contributed by atoms with Gasteiger partial charge in [-0.15, -0.1) is 0 Å². The lowest BCUT2D eigenvalue weighted by Gasteiger charge is -2.10. The Balaban J connectivity index is 2.74. The number of hydrogen-bond donors (Lipinski definition) is 3. The van der Waals surface area contributed by atoms with Crippen molar-refractivity contribution in [1.29, 1.82) is 0 Å². The SMILES string of the molecule is CC(C)C(N)c1n[nH]c(CO)n1. The van der Waals surface area contributed by atoms with E-state index in [1.807, 2.05) is 13.8 Å². The topological polar surface area (TPSA) is 87.8 Å². The first kappa shape index (κ1) is 9.15. The highest BCUT2D eigenvalue weighted by Gasteiger charge is 2.14. The number of aromatic nitrogens is 3. The van der Waals surface area contributed by atoms with E-state index in [1.165, 1.54) is 0 Å². The molecule has 4 N–H and O–H groups in total. The van der Waals surface area contributed by atoms with Crippen molar-refractivity contribution < 1.29 is 5.11 Å². The molecule has 0 saturated heterocycles. The van der Waals surface area contributed by atoms with Crippen LogP contribution in [0.25, 0.3) is 0 Å². The van der Waals surface area contributed by atoms with Crippen molar-refractivity contribution in [1.82, 2.24) is 15.2 Å². The molecule has 0 saturated carbocycles. The quantitative estimate of drug-likeness (QED) is 0.593. The average Bonchev–Trinajstić information content (AvgIpc) is 2.50. The standard InChI is InChI=1S/C7H14N4O/c1-4(2)6(8)7-9-5(3-12)10-11-7/h4,6,12H,3,8H2,1-2H3,(H,9,10,11). The first-order chi connectivity index (χ1) is 5.65. The Kier molecular flexibility index (Phi) is 2.78. The minimum absolute atomic E-state index is 0.127. The highest BCUT2D eigenvalue weighted by molar-refractivity contribution is 4.95. The minimum atomic E-state index is -0.165. The Hall–Kier alpha value is -0.940. The Morgan fingerprint density at radius 1 is 1.58 bits per heavy atom. The van der Waals surface area contributed by atoms with Gasteiger partial charge in [0.05, 0.1) is 6.04 Å². The third-order valence-electron chi connectivity index (χ3n) is 1.72. The minimum Gasteiger partial charge on any atom is -0.388 e. The molecule has 0 fully saturated rings. The molecule has 1 aromatic heterocycles. The van der Waals surface area contributed by atoms with Crippen LogP contribution in [0.3, 0.4) is 0 Å². The molecule has 0 radical (unpaired) electrons. The van der Waals surface area contributed by atoms with Crippen molar-refractivity contribution in [3.8, 4) is 0 Å². The van der Waals surface area contributed by atoms with E-state index in [1.54, 1.807) is 0 Å². The lowest BCUT2D eigenvalue weighted by atomic mass is 10.1. The van der Waals surface area contributed by atoms with Gasteiger partial charge in [-0.3, -0.25) is 5.10 Å². The van der Waals surface area contributed by atoms with E-state index >= 15 is 0 Å². The first-order valence-electron chi connectivity index (χ1n) is 3.92. The van der Waals surface area contributed by atoms with Crippen molar-refractivity contribution in [2.24, 2.45) is 11.7 Å². The molecule has 0 amide bonds. The summed E-state index contributed by atoms with van der Waals surface area (Å²) in [6.07, 6.45) is 0. The van der Waals surface area contributed by atoms with Crippen molar-refractivity contribution in [3.05, 3.63) is 11.6 Å². The number of nitrogens with two attached hydrogens (primary N) is 1. The molecule has 1 aromatic rings. The number of rotatable bonds is 3. The van der Waals surface area contributed by atoms with E-state index in [2.05, 4.69) is 15.2 Å².